The molecule has 5 heteroatoms. The molecule has 0 fully saturated rings. The molecule has 0 bridgehead atoms. The number of nitrogens with one attached hydrogen (secondary N) is 1. The second kappa shape index (κ2) is 3.48. The molecule has 1 aromatic heterocycles. The van der Waals surface area contributed by atoms with Gasteiger partial charge >= 0.3 is 5.51 Å². The van der Waals surface area contributed by atoms with Crippen molar-refractivity contribution in [2.45, 2.75) is 17.3 Å². The minimum Gasteiger partial charge on any atom is -0.360 e. The first kappa shape index (κ1) is 10.4. The summed E-state index contributed by atoms with van der Waals surface area (Å²) in [5.41, 5.74) is -2.56. The first-order valence-corrected chi connectivity index (χ1v) is 5.11. The van der Waals surface area contributed by atoms with Crippen molar-refractivity contribution in [1.82, 2.24) is 4.98 Å². The van der Waals surface area contributed by atoms with Gasteiger partial charge < -0.3 is 4.98 Å². The van der Waals surface area contributed by atoms with Gasteiger partial charge in [-0.3, -0.25) is 0 Å². The van der Waals surface area contributed by atoms with Gasteiger partial charge in [0, 0.05) is 22.0 Å². The first-order chi connectivity index (χ1) is 6.96. The number of benzene rings is 1. The van der Waals surface area contributed by atoms with Crippen molar-refractivity contribution in [2.24, 2.45) is 0 Å². The number of H-pyrrole nitrogens is 1. The number of halogens is 3. The molecular weight excluding hydrogens is 223 g/mol. The van der Waals surface area contributed by atoms with Crippen molar-refractivity contribution >= 4 is 22.7 Å². The Balaban J connectivity index is 2.48. The first-order valence-electron chi connectivity index (χ1n) is 4.29. The zero-order valence-electron chi connectivity index (χ0n) is 7.85. The van der Waals surface area contributed by atoms with Crippen LogP contribution < -0.4 is 0 Å². The smallest absolute Gasteiger partial charge is 0.360 e. The lowest BCUT2D eigenvalue weighted by molar-refractivity contribution is -0.0327. The Morgan fingerprint density at radius 3 is 2.67 bits per heavy atom. The maximum atomic E-state index is 12.2. The van der Waals surface area contributed by atoms with Gasteiger partial charge in [-0.25, -0.2) is 0 Å². The number of hydrogen-bond donors (Lipinski definition) is 1. The Kier molecular flexibility index (Phi) is 2.42. The topological polar surface area (TPSA) is 15.8 Å². The highest BCUT2D eigenvalue weighted by Crippen LogP contribution is 2.40. The summed E-state index contributed by atoms with van der Waals surface area (Å²) in [6.45, 7) is 1.86. The summed E-state index contributed by atoms with van der Waals surface area (Å²) in [6, 6.07) is 5.39. The van der Waals surface area contributed by atoms with E-state index in [2.05, 4.69) is 4.98 Å². The molecule has 0 saturated carbocycles. The van der Waals surface area contributed by atoms with E-state index in [1.54, 1.807) is 12.1 Å². The Morgan fingerprint density at radius 2 is 2.00 bits per heavy atom. The van der Waals surface area contributed by atoms with Crippen molar-refractivity contribution < 1.29 is 13.2 Å². The summed E-state index contributed by atoms with van der Waals surface area (Å²) in [5.74, 6) is 0. The molecule has 0 amide bonds. The molecule has 0 aliphatic rings. The van der Waals surface area contributed by atoms with E-state index in [1.165, 1.54) is 6.20 Å². The Bertz CT molecular complexity index is 487. The van der Waals surface area contributed by atoms with Crippen LogP contribution in [0.1, 0.15) is 5.56 Å². The highest BCUT2D eigenvalue weighted by Gasteiger charge is 2.30. The van der Waals surface area contributed by atoms with Gasteiger partial charge in [0.25, 0.3) is 0 Å². The highest BCUT2D eigenvalue weighted by atomic mass is 32.2. The molecule has 1 aromatic carbocycles. The van der Waals surface area contributed by atoms with Crippen molar-refractivity contribution in [3.05, 3.63) is 30.0 Å². The van der Waals surface area contributed by atoms with E-state index in [1.807, 2.05) is 13.0 Å². The maximum absolute atomic E-state index is 12.2. The molecule has 0 unspecified atom stereocenters. The fraction of sp³-hybridized carbons (Fsp3) is 0.200. The van der Waals surface area contributed by atoms with Crippen LogP contribution in [0.5, 0.6) is 0 Å². The van der Waals surface area contributed by atoms with E-state index in [0.717, 1.165) is 11.1 Å². The monoisotopic (exact) mass is 231 g/mol. The fourth-order valence-electron chi connectivity index (χ4n) is 1.42. The van der Waals surface area contributed by atoms with Gasteiger partial charge in [0.2, 0.25) is 0 Å². The number of aryl methyl sites for hydroxylation is 1. The molecule has 15 heavy (non-hydrogen) atoms. The molecule has 0 aliphatic heterocycles. The number of aromatic nitrogens is 1. The molecule has 1 N–H and O–H groups in total. The quantitative estimate of drug-likeness (QED) is 0.731. The lowest BCUT2D eigenvalue weighted by Crippen LogP contribution is -1.98. The molecular formula is C10H8F3NS. The predicted molar refractivity (Wildman–Crippen MR) is 54.9 cm³/mol. The maximum Gasteiger partial charge on any atom is 0.446 e. The van der Waals surface area contributed by atoms with Crippen LogP contribution in [0.25, 0.3) is 10.9 Å². The zero-order chi connectivity index (χ0) is 11.1. The van der Waals surface area contributed by atoms with E-state index in [9.17, 15) is 13.2 Å². The summed E-state index contributed by atoms with van der Waals surface area (Å²) >= 11 is -0.0856. The van der Waals surface area contributed by atoms with Gasteiger partial charge in [-0.15, -0.1) is 0 Å². The molecule has 0 atom stereocenters. The summed E-state index contributed by atoms with van der Waals surface area (Å²) in [7, 11) is 0. The van der Waals surface area contributed by atoms with Crippen LogP contribution in [0.2, 0.25) is 0 Å². The van der Waals surface area contributed by atoms with Crippen LogP contribution in [-0.4, -0.2) is 10.5 Å². The lowest BCUT2D eigenvalue weighted by atomic mass is 10.2. The molecule has 1 nitrogen and oxygen atoms in total. The average Bonchev–Trinajstić information content (AvgIpc) is 2.46. The number of rotatable bonds is 1. The van der Waals surface area contributed by atoms with Gasteiger partial charge in [0.05, 0.1) is 0 Å². The van der Waals surface area contributed by atoms with Crippen molar-refractivity contribution in [3.63, 3.8) is 0 Å². The van der Waals surface area contributed by atoms with Gasteiger partial charge in [0.15, 0.2) is 0 Å². The van der Waals surface area contributed by atoms with Crippen LogP contribution in [0, 0.1) is 6.92 Å². The van der Waals surface area contributed by atoms with Crippen molar-refractivity contribution in [1.29, 1.82) is 0 Å². The van der Waals surface area contributed by atoms with Crippen molar-refractivity contribution in [3.8, 4) is 0 Å². The SMILES string of the molecule is Cc1ccc2[nH]cc(SC(F)(F)F)c2c1. The van der Waals surface area contributed by atoms with Crippen LogP contribution in [0.15, 0.2) is 29.3 Å². The van der Waals surface area contributed by atoms with Crippen LogP contribution in [-0.2, 0) is 0 Å². The molecule has 80 valence electrons. The van der Waals surface area contributed by atoms with E-state index in [0.29, 0.717) is 5.39 Å². The lowest BCUT2D eigenvalue weighted by Gasteiger charge is -2.03. The van der Waals surface area contributed by atoms with Gasteiger partial charge in [-0.1, -0.05) is 11.6 Å². The van der Waals surface area contributed by atoms with Gasteiger partial charge in [0.1, 0.15) is 0 Å². The number of hydrogen-bond acceptors (Lipinski definition) is 1. The van der Waals surface area contributed by atoms with Crippen LogP contribution >= 0.6 is 11.8 Å². The summed E-state index contributed by atoms with van der Waals surface area (Å²) in [4.78, 5) is 3.04. The number of aromatic amines is 1. The molecule has 0 radical (unpaired) electrons. The minimum atomic E-state index is -4.24. The summed E-state index contributed by atoms with van der Waals surface area (Å²) in [6.07, 6.45) is 1.39. The average molecular weight is 231 g/mol. The third-order valence-corrected chi connectivity index (χ3v) is 2.81. The molecule has 0 aliphatic carbocycles. The number of thioether (sulfide) groups is 1. The van der Waals surface area contributed by atoms with Gasteiger partial charge in [-0.05, 0) is 30.8 Å². The standard InChI is InChI=1S/C10H8F3NS/c1-6-2-3-8-7(4-6)9(5-14-8)15-10(11,12)13/h2-5,14H,1H3. The van der Waals surface area contributed by atoms with Gasteiger partial charge in [-0.2, -0.15) is 13.2 Å². The number of fused-ring (bicyclic) bond motifs is 1. The molecule has 0 spiro atoms. The van der Waals surface area contributed by atoms with Crippen molar-refractivity contribution in [2.75, 3.05) is 0 Å². The Hall–Kier alpha value is -1.10. The highest BCUT2D eigenvalue weighted by molar-refractivity contribution is 8.00. The molecule has 1 heterocycles. The molecule has 0 saturated heterocycles. The normalized spacial score (nSPS) is 12.3. The van der Waals surface area contributed by atoms with Crippen LogP contribution in [0.3, 0.4) is 0 Å². The minimum absolute atomic E-state index is 0.0856. The third kappa shape index (κ3) is 2.28. The largest absolute Gasteiger partial charge is 0.446 e. The second-order valence-electron chi connectivity index (χ2n) is 3.25. The molecule has 2 rings (SSSR count). The predicted octanol–water partition coefficient (Wildman–Crippen LogP) is 4.09. The van der Waals surface area contributed by atoms with E-state index >= 15 is 0 Å². The Labute approximate surface area is 88.7 Å². The van der Waals surface area contributed by atoms with E-state index < -0.39 is 5.51 Å². The fourth-order valence-corrected chi connectivity index (χ4v) is 2.06. The van der Waals surface area contributed by atoms with E-state index in [4.69, 9.17) is 0 Å². The van der Waals surface area contributed by atoms with Crippen LogP contribution in [0.4, 0.5) is 13.2 Å². The van der Waals surface area contributed by atoms with E-state index in [-0.39, 0.29) is 16.7 Å². The summed E-state index contributed by atoms with van der Waals surface area (Å²) in [5, 5.41) is 0.623. The molecule has 2 aromatic rings. The zero-order valence-corrected chi connectivity index (χ0v) is 8.67. The number of alkyl halides is 3. The second-order valence-corrected chi connectivity index (χ2v) is 4.36. The Morgan fingerprint density at radius 1 is 1.27 bits per heavy atom. The summed E-state index contributed by atoms with van der Waals surface area (Å²) < 4.78 is 36.6. The third-order valence-electron chi connectivity index (χ3n) is 2.02.